The highest BCUT2D eigenvalue weighted by atomic mass is 16.7. The SMILES string of the molecule is CC(C)C1(C(=O)O)COC(C)(C)OC1. The quantitative estimate of drug-likeness (QED) is 0.737. The van der Waals surface area contributed by atoms with Crippen molar-refractivity contribution in [3.63, 3.8) is 0 Å². The molecule has 1 N–H and O–H groups in total. The monoisotopic (exact) mass is 202 g/mol. The lowest BCUT2D eigenvalue weighted by atomic mass is 9.78. The van der Waals surface area contributed by atoms with Gasteiger partial charge in [-0.15, -0.1) is 0 Å². The largest absolute Gasteiger partial charge is 0.481 e. The average Bonchev–Trinajstić information content (AvgIpc) is 2.03. The zero-order valence-corrected chi connectivity index (χ0v) is 9.16. The van der Waals surface area contributed by atoms with Gasteiger partial charge in [0.15, 0.2) is 5.79 Å². The first-order chi connectivity index (χ1) is 6.30. The van der Waals surface area contributed by atoms with Gasteiger partial charge in [-0.05, 0) is 19.8 Å². The van der Waals surface area contributed by atoms with E-state index < -0.39 is 17.2 Å². The molecule has 0 aromatic rings. The van der Waals surface area contributed by atoms with Crippen LogP contribution in [0.25, 0.3) is 0 Å². The van der Waals surface area contributed by atoms with E-state index in [9.17, 15) is 4.79 Å². The normalized spacial score (nSPS) is 24.9. The molecule has 14 heavy (non-hydrogen) atoms. The van der Waals surface area contributed by atoms with Crippen molar-refractivity contribution >= 4 is 5.97 Å². The Kier molecular flexibility index (Phi) is 2.88. The smallest absolute Gasteiger partial charge is 0.314 e. The summed E-state index contributed by atoms with van der Waals surface area (Å²) in [5, 5.41) is 9.17. The van der Waals surface area contributed by atoms with Crippen LogP contribution >= 0.6 is 0 Å². The molecule has 4 nitrogen and oxygen atoms in total. The van der Waals surface area contributed by atoms with Gasteiger partial charge in [-0.2, -0.15) is 0 Å². The molecule has 0 saturated carbocycles. The molecule has 0 radical (unpaired) electrons. The summed E-state index contributed by atoms with van der Waals surface area (Å²) in [6.45, 7) is 7.76. The molecule has 1 aliphatic heterocycles. The van der Waals surface area contributed by atoms with E-state index in [1.165, 1.54) is 0 Å². The van der Waals surface area contributed by atoms with E-state index in [0.29, 0.717) is 0 Å². The summed E-state index contributed by atoms with van der Waals surface area (Å²) in [4.78, 5) is 11.2. The maximum Gasteiger partial charge on any atom is 0.314 e. The highest BCUT2D eigenvalue weighted by Crippen LogP contribution is 2.36. The van der Waals surface area contributed by atoms with Crippen LogP contribution in [0.4, 0.5) is 0 Å². The third kappa shape index (κ3) is 1.91. The van der Waals surface area contributed by atoms with Gasteiger partial charge in [0.05, 0.1) is 13.2 Å². The third-order valence-corrected chi connectivity index (χ3v) is 2.89. The topological polar surface area (TPSA) is 55.8 Å². The fourth-order valence-corrected chi connectivity index (χ4v) is 1.39. The number of hydrogen-bond acceptors (Lipinski definition) is 3. The molecule has 0 atom stereocenters. The van der Waals surface area contributed by atoms with Crippen molar-refractivity contribution in [2.24, 2.45) is 11.3 Å². The summed E-state index contributed by atoms with van der Waals surface area (Å²) in [5.74, 6) is -1.51. The van der Waals surface area contributed by atoms with Gasteiger partial charge in [0.2, 0.25) is 0 Å². The van der Waals surface area contributed by atoms with E-state index in [1.54, 1.807) is 13.8 Å². The van der Waals surface area contributed by atoms with E-state index in [2.05, 4.69) is 0 Å². The van der Waals surface area contributed by atoms with Crippen LogP contribution in [0.2, 0.25) is 0 Å². The summed E-state index contributed by atoms with van der Waals surface area (Å²) in [7, 11) is 0. The van der Waals surface area contributed by atoms with Crippen molar-refractivity contribution in [1.29, 1.82) is 0 Å². The van der Waals surface area contributed by atoms with Crippen molar-refractivity contribution in [1.82, 2.24) is 0 Å². The Balaban J connectivity index is 2.80. The molecule has 1 saturated heterocycles. The maximum absolute atomic E-state index is 11.2. The summed E-state index contributed by atoms with van der Waals surface area (Å²) >= 11 is 0. The van der Waals surface area contributed by atoms with Crippen LogP contribution in [0.15, 0.2) is 0 Å². The summed E-state index contributed by atoms with van der Waals surface area (Å²) in [5.41, 5.74) is -0.893. The van der Waals surface area contributed by atoms with Gasteiger partial charge in [0.1, 0.15) is 5.41 Å². The Labute approximate surface area is 84.2 Å². The van der Waals surface area contributed by atoms with Crippen LogP contribution in [0.1, 0.15) is 27.7 Å². The second kappa shape index (κ2) is 3.51. The Hall–Kier alpha value is -0.610. The van der Waals surface area contributed by atoms with Gasteiger partial charge in [-0.25, -0.2) is 0 Å². The summed E-state index contributed by atoms with van der Waals surface area (Å²) < 4.78 is 10.8. The van der Waals surface area contributed by atoms with Gasteiger partial charge >= 0.3 is 5.97 Å². The lowest BCUT2D eigenvalue weighted by molar-refractivity contribution is -0.289. The molecule has 0 unspecified atom stereocenters. The lowest BCUT2D eigenvalue weighted by Gasteiger charge is -2.42. The van der Waals surface area contributed by atoms with Crippen LogP contribution in [0.3, 0.4) is 0 Å². The van der Waals surface area contributed by atoms with E-state index in [1.807, 2.05) is 13.8 Å². The zero-order chi connectivity index (χ0) is 11.0. The van der Waals surface area contributed by atoms with Gasteiger partial charge in [-0.3, -0.25) is 4.79 Å². The van der Waals surface area contributed by atoms with Crippen LogP contribution in [-0.4, -0.2) is 30.1 Å². The van der Waals surface area contributed by atoms with Crippen LogP contribution < -0.4 is 0 Å². The zero-order valence-electron chi connectivity index (χ0n) is 9.16. The van der Waals surface area contributed by atoms with E-state index in [0.717, 1.165) is 0 Å². The molecule has 0 aliphatic carbocycles. The predicted molar refractivity (Wildman–Crippen MR) is 50.9 cm³/mol. The van der Waals surface area contributed by atoms with E-state index in [4.69, 9.17) is 14.6 Å². The standard InChI is InChI=1S/C10H18O4/c1-7(2)10(8(11)12)5-13-9(3,4)14-6-10/h7H,5-6H2,1-4H3,(H,11,12). The van der Waals surface area contributed by atoms with Crippen LogP contribution in [-0.2, 0) is 14.3 Å². The molecule has 0 aromatic heterocycles. The van der Waals surface area contributed by atoms with Crippen molar-refractivity contribution in [3.8, 4) is 0 Å². The fraction of sp³-hybridized carbons (Fsp3) is 0.900. The Bertz CT molecular complexity index is 222. The molecule has 1 aliphatic rings. The summed E-state index contributed by atoms with van der Waals surface area (Å²) in [6, 6.07) is 0. The maximum atomic E-state index is 11.2. The van der Waals surface area contributed by atoms with Crippen molar-refractivity contribution in [2.75, 3.05) is 13.2 Å². The Morgan fingerprint density at radius 3 is 2.00 bits per heavy atom. The number of rotatable bonds is 2. The molecular weight excluding hydrogens is 184 g/mol. The second-order valence-electron chi connectivity index (χ2n) is 4.59. The third-order valence-electron chi connectivity index (χ3n) is 2.89. The van der Waals surface area contributed by atoms with Crippen molar-refractivity contribution in [3.05, 3.63) is 0 Å². The lowest BCUT2D eigenvalue weighted by Crippen LogP contribution is -2.53. The predicted octanol–water partition coefficient (Wildman–Crippen LogP) is 1.50. The number of carboxylic acid groups (broad SMARTS) is 1. The van der Waals surface area contributed by atoms with Crippen LogP contribution in [0.5, 0.6) is 0 Å². The number of aliphatic carboxylic acids is 1. The molecule has 1 fully saturated rings. The minimum atomic E-state index is -0.893. The highest BCUT2D eigenvalue weighted by molar-refractivity contribution is 5.75. The minimum Gasteiger partial charge on any atom is -0.481 e. The first-order valence-corrected chi connectivity index (χ1v) is 4.81. The molecule has 0 amide bonds. The number of carboxylic acids is 1. The average molecular weight is 202 g/mol. The molecule has 82 valence electrons. The molecule has 0 spiro atoms. The summed E-state index contributed by atoms with van der Waals surface area (Å²) in [6.07, 6.45) is 0. The molecule has 1 rings (SSSR count). The minimum absolute atomic E-state index is 0.00361. The van der Waals surface area contributed by atoms with Gasteiger partial charge in [0, 0.05) is 0 Å². The number of hydrogen-bond donors (Lipinski definition) is 1. The fourth-order valence-electron chi connectivity index (χ4n) is 1.39. The molecular formula is C10H18O4. The number of ether oxygens (including phenoxy) is 2. The molecule has 0 bridgehead atoms. The van der Waals surface area contributed by atoms with Crippen molar-refractivity contribution < 1.29 is 19.4 Å². The molecule has 1 heterocycles. The second-order valence-corrected chi connectivity index (χ2v) is 4.59. The first kappa shape index (κ1) is 11.5. The van der Waals surface area contributed by atoms with E-state index in [-0.39, 0.29) is 19.1 Å². The van der Waals surface area contributed by atoms with Gasteiger partial charge in [0.25, 0.3) is 0 Å². The molecule has 4 heteroatoms. The molecule has 0 aromatic carbocycles. The van der Waals surface area contributed by atoms with Crippen molar-refractivity contribution in [2.45, 2.75) is 33.5 Å². The Morgan fingerprint density at radius 2 is 1.71 bits per heavy atom. The van der Waals surface area contributed by atoms with E-state index >= 15 is 0 Å². The number of carbonyl (C=O) groups is 1. The van der Waals surface area contributed by atoms with Gasteiger partial charge in [-0.1, -0.05) is 13.8 Å². The first-order valence-electron chi connectivity index (χ1n) is 4.81. The highest BCUT2D eigenvalue weighted by Gasteiger charge is 2.48. The Morgan fingerprint density at radius 1 is 1.29 bits per heavy atom. The van der Waals surface area contributed by atoms with Gasteiger partial charge < -0.3 is 14.6 Å². The van der Waals surface area contributed by atoms with Crippen LogP contribution in [0, 0.1) is 11.3 Å².